The fraction of sp³-hybridized carbons (Fsp3) is 0.0833. The first-order chi connectivity index (χ1) is 8.13. The Hall–Kier alpha value is -1.52. The van der Waals surface area contributed by atoms with Crippen molar-refractivity contribution in [2.24, 2.45) is 0 Å². The number of ketones is 1. The lowest BCUT2D eigenvalue weighted by molar-refractivity contribution is 0.104. The number of carbonyl (C=O) groups is 1. The molecule has 0 amide bonds. The summed E-state index contributed by atoms with van der Waals surface area (Å²) in [7, 11) is 1.50. The van der Waals surface area contributed by atoms with Crippen LogP contribution in [0, 0.1) is 0 Å². The van der Waals surface area contributed by atoms with Crippen molar-refractivity contribution in [2.45, 2.75) is 0 Å². The van der Waals surface area contributed by atoms with E-state index in [1.54, 1.807) is 29.6 Å². The number of nitrogen functional groups attached to an aromatic ring is 1. The Bertz CT molecular complexity index is 565. The van der Waals surface area contributed by atoms with Gasteiger partial charge in [0.05, 0.1) is 22.6 Å². The van der Waals surface area contributed by atoms with Crippen molar-refractivity contribution in [1.29, 1.82) is 0 Å². The number of ether oxygens (including phenoxy) is 1. The lowest BCUT2D eigenvalue weighted by Gasteiger charge is -2.07. The summed E-state index contributed by atoms with van der Waals surface area (Å²) in [5.74, 6) is 0.307. The van der Waals surface area contributed by atoms with E-state index in [-0.39, 0.29) is 5.78 Å². The van der Waals surface area contributed by atoms with E-state index in [0.717, 1.165) is 0 Å². The summed E-state index contributed by atoms with van der Waals surface area (Å²) < 4.78 is 5.15. The van der Waals surface area contributed by atoms with Crippen molar-refractivity contribution >= 4 is 34.4 Å². The molecule has 0 atom stereocenters. The zero-order valence-corrected chi connectivity index (χ0v) is 10.6. The van der Waals surface area contributed by atoms with E-state index in [0.29, 0.717) is 26.9 Å². The maximum Gasteiger partial charge on any atom is 0.208 e. The molecule has 0 aliphatic carbocycles. The molecule has 0 saturated heterocycles. The number of anilines is 1. The van der Waals surface area contributed by atoms with Gasteiger partial charge in [0.1, 0.15) is 5.75 Å². The summed E-state index contributed by atoms with van der Waals surface area (Å²) in [6, 6.07) is 6.63. The van der Waals surface area contributed by atoms with E-state index >= 15 is 0 Å². The maximum absolute atomic E-state index is 12.2. The van der Waals surface area contributed by atoms with E-state index in [1.807, 2.05) is 0 Å². The highest BCUT2D eigenvalue weighted by Crippen LogP contribution is 2.29. The highest BCUT2D eigenvalue weighted by molar-refractivity contribution is 7.13. The van der Waals surface area contributed by atoms with Gasteiger partial charge in [0.25, 0.3) is 0 Å². The fourth-order valence-corrected chi connectivity index (χ4v) is 2.57. The summed E-state index contributed by atoms with van der Waals surface area (Å²) in [5, 5.41) is 2.23. The first kappa shape index (κ1) is 12.0. The van der Waals surface area contributed by atoms with Gasteiger partial charge < -0.3 is 10.5 Å². The molecule has 0 aliphatic rings. The fourth-order valence-electron chi connectivity index (χ4n) is 1.47. The number of methoxy groups -OCH3 is 1. The normalized spacial score (nSPS) is 10.2. The molecule has 1 aromatic heterocycles. The molecule has 17 heavy (non-hydrogen) atoms. The lowest BCUT2D eigenvalue weighted by Crippen LogP contribution is -2.03. The van der Waals surface area contributed by atoms with Crippen LogP contribution in [0.5, 0.6) is 5.75 Å². The summed E-state index contributed by atoms with van der Waals surface area (Å²) in [6.45, 7) is 0. The molecule has 3 nitrogen and oxygen atoms in total. The Morgan fingerprint density at radius 2 is 2.18 bits per heavy atom. The van der Waals surface area contributed by atoms with Gasteiger partial charge in [-0.1, -0.05) is 11.6 Å². The van der Waals surface area contributed by atoms with Gasteiger partial charge in [-0.3, -0.25) is 4.79 Å². The Balaban J connectivity index is 2.48. The minimum atomic E-state index is -0.151. The second-order valence-electron chi connectivity index (χ2n) is 3.39. The van der Waals surface area contributed by atoms with Gasteiger partial charge in [-0.25, -0.2) is 0 Å². The van der Waals surface area contributed by atoms with Crippen molar-refractivity contribution in [2.75, 3.05) is 12.8 Å². The van der Waals surface area contributed by atoms with Gasteiger partial charge >= 0.3 is 0 Å². The molecule has 1 aromatic carbocycles. The summed E-state index contributed by atoms with van der Waals surface area (Å²) in [5.41, 5.74) is 6.65. The average molecular weight is 268 g/mol. The number of halogens is 1. The van der Waals surface area contributed by atoms with E-state index in [4.69, 9.17) is 22.1 Å². The number of thiophene rings is 1. The smallest absolute Gasteiger partial charge is 0.208 e. The first-order valence-corrected chi connectivity index (χ1v) is 6.10. The Morgan fingerprint density at radius 1 is 1.41 bits per heavy atom. The summed E-state index contributed by atoms with van der Waals surface area (Å²) >= 11 is 7.24. The molecule has 0 aliphatic heterocycles. The number of carbonyl (C=O) groups excluding carboxylic acids is 1. The van der Waals surface area contributed by atoms with Gasteiger partial charge in [-0.15, -0.1) is 11.3 Å². The van der Waals surface area contributed by atoms with Crippen molar-refractivity contribution in [3.63, 3.8) is 0 Å². The third kappa shape index (κ3) is 2.28. The minimum Gasteiger partial charge on any atom is -0.496 e. The van der Waals surface area contributed by atoms with Gasteiger partial charge in [-0.05, 0) is 23.6 Å². The highest BCUT2D eigenvalue weighted by Gasteiger charge is 2.18. The molecule has 2 N–H and O–H groups in total. The monoisotopic (exact) mass is 267 g/mol. The van der Waals surface area contributed by atoms with Gasteiger partial charge in [0.2, 0.25) is 5.78 Å². The Kier molecular flexibility index (Phi) is 3.36. The first-order valence-electron chi connectivity index (χ1n) is 4.84. The Morgan fingerprint density at radius 3 is 2.76 bits per heavy atom. The number of hydrogen-bond donors (Lipinski definition) is 1. The van der Waals surface area contributed by atoms with Crippen LogP contribution in [-0.2, 0) is 0 Å². The van der Waals surface area contributed by atoms with Crippen LogP contribution in [0.1, 0.15) is 15.2 Å². The van der Waals surface area contributed by atoms with Crippen LogP contribution >= 0.6 is 22.9 Å². The lowest BCUT2D eigenvalue weighted by atomic mass is 10.1. The molecule has 0 unspecified atom stereocenters. The van der Waals surface area contributed by atoms with Crippen LogP contribution in [0.15, 0.2) is 29.6 Å². The van der Waals surface area contributed by atoms with Crippen LogP contribution in [0.25, 0.3) is 0 Å². The summed E-state index contributed by atoms with van der Waals surface area (Å²) in [4.78, 5) is 12.7. The zero-order chi connectivity index (χ0) is 12.4. The van der Waals surface area contributed by atoms with Crippen molar-refractivity contribution < 1.29 is 9.53 Å². The highest BCUT2D eigenvalue weighted by atomic mass is 35.5. The Labute approximate surface area is 108 Å². The predicted molar refractivity (Wildman–Crippen MR) is 70.2 cm³/mol. The third-order valence-electron chi connectivity index (χ3n) is 2.29. The van der Waals surface area contributed by atoms with Crippen LogP contribution in [0.4, 0.5) is 5.69 Å². The number of nitrogens with two attached hydrogens (primary N) is 1. The largest absolute Gasteiger partial charge is 0.496 e. The molecule has 0 radical (unpaired) electrons. The van der Waals surface area contributed by atoms with Gasteiger partial charge in [0.15, 0.2) is 0 Å². The molecule has 0 bridgehead atoms. The molecular formula is C12H10ClNO2S. The van der Waals surface area contributed by atoms with E-state index in [9.17, 15) is 4.79 Å². The third-order valence-corrected chi connectivity index (χ3v) is 3.63. The molecule has 2 aromatic rings. The number of benzene rings is 1. The molecule has 0 spiro atoms. The second-order valence-corrected chi connectivity index (χ2v) is 4.71. The molecule has 5 heteroatoms. The SMILES string of the molecule is COc1cc(N)ccc1C(=O)c1sccc1Cl. The number of hydrogen-bond acceptors (Lipinski definition) is 4. The zero-order valence-electron chi connectivity index (χ0n) is 9.07. The van der Waals surface area contributed by atoms with E-state index in [2.05, 4.69) is 0 Å². The average Bonchev–Trinajstić information content (AvgIpc) is 2.74. The molecule has 0 fully saturated rings. The van der Waals surface area contributed by atoms with Gasteiger partial charge in [-0.2, -0.15) is 0 Å². The topological polar surface area (TPSA) is 52.3 Å². The summed E-state index contributed by atoms with van der Waals surface area (Å²) in [6.07, 6.45) is 0. The van der Waals surface area contributed by atoms with E-state index < -0.39 is 0 Å². The second kappa shape index (κ2) is 4.77. The molecule has 2 rings (SSSR count). The molecule has 0 saturated carbocycles. The van der Waals surface area contributed by atoms with Crippen LogP contribution in [0.3, 0.4) is 0 Å². The molecular weight excluding hydrogens is 258 g/mol. The standard InChI is InChI=1S/C12H10ClNO2S/c1-16-10-6-7(14)2-3-8(10)11(15)12-9(13)4-5-17-12/h2-6H,14H2,1H3. The maximum atomic E-state index is 12.2. The predicted octanol–water partition coefficient (Wildman–Crippen LogP) is 3.22. The minimum absolute atomic E-state index is 0.151. The van der Waals surface area contributed by atoms with Crippen LogP contribution < -0.4 is 10.5 Å². The quantitative estimate of drug-likeness (QED) is 0.686. The number of rotatable bonds is 3. The molecule has 88 valence electrons. The van der Waals surface area contributed by atoms with Crippen molar-refractivity contribution in [1.82, 2.24) is 0 Å². The van der Waals surface area contributed by atoms with Crippen molar-refractivity contribution in [3.05, 3.63) is 45.1 Å². The van der Waals surface area contributed by atoms with Crippen molar-refractivity contribution in [3.8, 4) is 5.75 Å². The molecule has 1 heterocycles. The van der Waals surface area contributed by atoms with Crippen LogP contribution in [0.2, 0.25) is 5.02 Å². The van der Waals surface area contributed by atoms with E-state index in [1.165, 1.54) is 18.4 Å². The van der Waals surface area contributed by atoms with Gasteiger partial charge in [0, 0.05) is 11.8 Å². The van der Waals surface area contributed by atoms with Crippen LogP contribution in [-0.4, -0.2) is 12.9 Å².